The number of aromatic nitrogens is 2. The average molecular weight is 341 g/mol. The van der Waals surface area contributed by atoms with E-state index in [1.54, 1.807) is 12.1 Å². The summed E-state index contributed by atoms with van der Waals surface area (Å²) in [5, 5.41) is 18.6. The van der Waals surface area contributed by atoms with Gasteiger partial charge in [0.15, 0.2) is 5.95 Å². The number of rotatable bonds is 5. The van der Waals surface area contributed by atoms with Crippen LogP contribution in [0.3, 0.4) is 0 Å². The number of hydrogen-bond acceptors (Lipinski definition) is 5. The van der Waals surface area contributed by atoms with E-state index in [0.29, 0.717) is 5.69 Å². The average Bonchev–Trinajstić information content (AvgIpc) is 2.97. The van der Waals surface area contributed by atoms with Crippen LogP contribution in [0.1, 0.15) is 5.56 Å². The minimum absolute atomic E-state index is 0.0805. The smallest absolute Gasteiger partial charge is 0.298 e. The van der Waals surface area contributed by atoms with E-state index < -0.39 is 5.95 Å². The Kier molecular flexibility index (Phi) is 4.81. The Bertz CT molecular complexity index is 832. The molecule has 3 rings (SSSR count). The molecule has 1 aromatic heterocycles. The van der Waals surface area contributed by atoms with Gasteiger partial charge in [-0.25, -0.2) is 0 Å². The first-order valence-electron chi connectivity index (χ1n) is 7.27. The third kappa shape index (κ3) is 3.75. The first-order valence-corrected chi connectivity index (χ1v) is 8.26. The molecule has 0 spiro atoms. The zero-order valence-electron chi connectivity index (χ0n) is 12.9. The Morgan fingerprint density at radius 1 is 1.21 bits per heavy atom. The molecule has 0 aliphatic rings. The lowest BCUT2D eigenvalue weighted by atomic mass is 10.2. The van der Waals surface area contributed by atoms with Crippen LogP contribution in [0.15, 0.2) is 64.1 Å². The minimum Gasteiger partial charge on any atom is -0.538 e. The molecule has 122 valence electrons. The number of hydrogen-bond donors (Lipinski definition) is 1. The normalized spacial score (nSPS) is 10.5. The fourth-order valence-electron chi connectivity index (χ4n) is 2.06. The quantitative estimate of drug-likeness (QED) is 0.567. The molecule has 7 heteroatoms. The summed E-state index contributed by atoms with van der Waals surface area (Å²) in [5.74, 6) is -0.687. The van der Waals surface area contributed by atoms with Gasteiger partial charge >= 0.3 is 0 Å². The third-order valence-electron chi connectivity index (χ3n) is 3.25. The van der Waals surface area contributed by atoms with Crippen LogP contribution < -0.4 is 15.1 Å². The van der Waals surface area contributed by atoms with E-state index in [9.17, 15) is 9.90 Å². The molecule has 0 atom stereocenters. The lowest BCUT2D eigenvalue weighted by molar-refractivity contribution is -0.705. The predicted octanol–water partition coefficient (Wildman–Crippen LogP) is 2.06. The first-order chi connectivity index (χ1) is 11.6. The Labute approximate surface area is 143 Å². The summed E-state index contributed by atoms with van der Waals surface area (Å²) < 4.78 is 6.11. The van der Waals surface area contributed by atoms with Gasteiger partial charge < -0.3 is 14.9 Å². The largest absolute Gasteiger partial charge is 0.538 e. The summed E-state index contributed by atoms with van der Waals surface area (Å²) >= 11 is 1.09. The molecule has 0 saturated heterocycles. The SMILES string of the molecule is Cc1ccc(NC(=O)CSc2c([O-])on[n+]2-c2ccccc2)cc1. The van der Waals surface area contributed by atoms with E-state index in [1.807, 2.05) is 49.4 Å². The lowest BCUT2D eigenvalue weighted by Crippen LogP contribution is -2.35. The molecule has 0 bridgehead atoms. The highest BCUT2D eigenvalue weighted by Gasteiger charge is 2.21. The second-order valence-corrected chi connectivity index (χ2v) is 6.08. The zero-order valence-corrected chi connectivity index (χ0v) is 13.7. The molecule has 0 radical (unpaired) electrons. The number of carbonyl (C=O) groups is 1. The maximum Gasteiger partial charge on any atom is 0.298 e. The van der Waals surface area contributed by atoms with Crippen molar-refractivity contribution in [2.75, 3.05) is 11.1 Å². The number of nitrogens with zero attached hydrogens (tertiary/aromatic N) is 2. The number of anilines is 1. The van der Waals surface area contributed by atoms with E-state index in [-0.39, 0.29) is 16.7 Å². The van der Waals surface area contributed by atoms with Crippen molar-refractivity contribution in [1.82, 2.24) is 5.27 Å². The van der Waals surface area contributed by atoms with Gasteiger partial charge in [-0.3, -0.25) is 4.79 Å². The molecule has 0 fully saturated rings. The Morgan fingerprint density at radius 2 is 1.92 bits per heavy atom. The molecule has 3 aromatic rings. The van der Waals surface area contributed by atoms with Crippen molar-refractivity contribution >= 4 is 23.4 Å². The van der Waals surface area contributed by atoms with Crippen molar-refractivity contribution in [2.45, 2.75) is 11.9 Å². The molecular formula is C17H15N3O3S. The van der Waals surface area contributed by atoms with Crippen LogP contribution >= 0.6 is 11.8 Å². The van der Waals surface area contributed by atoms with Crippen LogP contribution in [0.5, 0.6) is 5.95 Å². The van der Waals surface area contributed by atoms with E-state index in [2.05, 4.69) is 10.6 Å². The fourth-order valence-corrected chi connectivity index (χ4v) is 2.82. The van der Waals surface area contributed by atoms with Crippen LogP contribution in [-0.4, -0.2) is 16.9 Å². The summed E-state index contributed by atoms with van der Waals surface area (Å²) in [6.45, 7) is 1.98. The summed E-state index contributed by atoms with van der Waals surface area (Å²) in [4.78, 5) is 12.1. The molecule has 24 heavy (non-hydrogen) atoms. The van der Waals surface area contributed by atoms with Crippen molar-refractivity contribution < 1.29 is 19.1 Å². The van der Waals surface area contributed by atoms with E-state index in [0.717, 1.165) is 23.0 Å². The Balaban J connectivity index is 1.67. The lowest BCUT2D eigenvalue weighted by Gasteiger charge is -2.04. The van der Waals surface area contributed by atoms with Gasteiger partial charge in [-0.1, -0.05) is 35.9 Å². The highest BCUT2D eigenvalue weighted by atomic mass is 32.2. The second kappa shape index (κ2) is 7.18. The van der Waals surface area contributed by atoms with Crippen LogP contribution in [0.25, 0.3) is 5.69 Å². The number of thioether (sulfide) groups is 1. The molecule has 1 amide bonds. The maximum absolute atomic E-state index is 12.1. The van der Waals surface area contributed by atoms with Crippen molar-refractivity contribution in [1.29, 1.82) is 0 Å². The minimum atomic E-state index is -0.563. The topological polar surface area (TPSA) is 82.1 Å². The molecule has 2 aromatic carbocycles. The van der Waals surface area contributed by atoms with Crippen LogP contribution in [0.4, 0.5) is 5.69 Å². The van der Waals surface area contributed by atoms with Crippen LogP contribution in [-0.2, 0) is 4.79 Å². The molecule has 0 saturated carbocycles. The third-order valence-corrected chi connectivity index (χ3v) is 4.27. The summed E-state index contributed by atoms with van der Waals surface area (Å²) in [5.41, 5.74) is 2.53. The molecule has 0 unspecified atom stereocenters. The monoisotopic (exact) mass is 341 g/mol. The van der Waals surface area contributed by atoms with Gasteiger partial charge in [0.2, 0.25) is 11.6 Å². The molecule has 6 nitrogen and oxygen atoms in total. The first kappa shape index (κ1) is 16.1. The highest BCUT2D eigenvalue weighted by molar-refractivity contribution is 7.99. The van der Waals surface area contributed by atoms with E-state index in [4.69, 9.17) is 4.52 Å². The van der Waals surface area contributed by atoms with E-state index >= 15 is 0 Å². The number of amides is 1. The van der Waals surface area contributed by atoms with Gasteiger partial charge in [0, 0.05) is 17.8 Å². The van der Waals surface area contributed by atoms with Gasteiger partial charge in [0.1, 0.15) is 0 Å². The van der Waals surface area contributed by atoms with E-state index in [1.165, 1.54) is 4.68 Å². The number of para-hydroxylation sites is 1. The van der Waals surface area contributed by atoms with Gasteiger partial charge in [-0.15, -0.1) is 0 Å². The molecule has 0 aliphatic heterocycles. The number of benzene rings is 2. The van der Waals surface area contributed by atoms with Crippen LogP contribution in [0, 0.1) is 6.92 Å². The molecule has 1 heterocycles. The van der Waals surface area contributed by atoms with Gasteiger partial charge in [0.05, 0.1) is 11.0 Å². The Morgan fingerprint density at radius 3 is 2.62 bits per heavy atom. The Hall–Kier alpha value is -2.80. The second-order valence-electron chi connectivity index (χ2n) is 5.12. The van der Waals surface area contributed by atoms with Crippen LogP contribution in [0.2, 0.25) is 0 Å². The highest BCUT2D eigenvalue weighted by Crippen LogP contribution is 2.23. The predicted molar refractivity (Wildman–Crippen MR) is 88.0 cm³/mol. The fraction of sp³-hybridized carbons (Fsp3) is 0.118. The molecule has 1 N–H and O–H groups in total. The maximum atomic E-state index is 12.1. The molecular weight excluding hydrogens is 326 g/mol. The summed E-state index contributed by atoms with van der Waals surface area (Å²) in [6, 6.07) is 16.6. The summed E-state index contributed by atoms with van der Waals surface area (Å²) in [7, 11) is 0. The van der Waals surface area contributed by atoms with Crippen molar-refractivity contribution in [3.8, 4) is 11.6 Å². The summed E-state index contributed by atoms with van der Waals surface area (Å²) in [6.07, 6.45) is 0. The van der Waals surface area contributed by atoms with Crippen molar-refractivity contribution in [2.24, 2.45) is 0 Å². The number of nitrogens with one attached hydrogen (secondary N) is 1. The van der Waals surface area contributed by atoms with Crippen molar-refractivity contribution in [3.05, 3.63) is 60.2 Å². The van der Waals surface area contributed by atoms with Gasteiger partial charge in [-0.05, 0) is 35.5 Å². The van der Waals surface area contributed by atoms with Gasteiger partial charge in [-0.2, -0.15) is 0 Å². The zero-order chi connectivity index (χ0) is 16.9. The van der Waals surface area contributed by atoms with Gasteiger partial charge in [0.25, 0.3) is 5.03 Å². The molecule has 0 aliphatic carbocycles. The number of aryl methyl sites for hydroxylation is 1. The van der Waals surface area contributed by atoms with Crippen molar-refractivity contribution in [3.63, 3.8) is 0 Å². The number of carbonyl (C=O) groups excluding carboxylic acids is 1. The standard InChI is InChI=1S/C17H15N3O3S/c1-12-7-9-13(10-8-12)18-15(21)11-24-16-17(22)23-19-20(16)14-5-3-2-4-6-14/h2-10H,11H2,1H3,(H-,18,19,21,22).